The average Bonchev–Trinajstić information content (AvgIpc) is 2.71. The molecule has 0 heterocycles. The second-order valence-corrected chi connectivity index (χ2v) is 3.86. The maximum atomic E-state index is 13.8. The van der Waals surface area contributed by atoms with Gasteiger partial charge in [0, 0.05) is 0 Å². The Hall–Kier alpha value is -0.850. The van der Waals surface area contributed by atoms with Crippen molar-refractivity contribution in [1.82, 2.24) is 0 Å². The van der Waals surface area contributed by atoms with E-state index in [1.54, 1.807) is 0 Å². The predicted octanol–water partition coefficient (Wildman–Crippen LogP) is 3.89. The SMILES string of the molecule is FC(c1ccccc1)C1CCCC1. The largest absolute Gasteiger partial charge is 0.242 e. The van der Waals surface area contributed by atoms with E-state index in [4.69, 9.17) is 0 Å². The van der Waals surface area contributed by atoms with E-state index in [1.807, 2.05) is 30.3 Å². The Balaban J connectivity index is 2.08. The number of halogens is 1. The van der Waals surface area contributed by atoms with E-state index in [2.05, 4.69) is 0 Å². The summed E-state index contributed by atoms with van der Waals surface area (Å²) in [7, 11) is 0. The highest BCUT2D eigenvalue weighted by Gasteiger charge is 2.25. The van der Waals surface area contributed by atoms with Gasteiger partial charge < -0.3 is 0 Å². The molecule has 0 spiro atoms. The standard InChI is InChI=1S/C12H15F/c13-12(11-8-4-5-9-11)10-6-2-1-3-7-10/h1-3,6-7,11-12H,4-5,8-9H2. The van der Waals surface area contributed by atoms with E-state index >= 15 is 0 Å². The van der Waals surface area contributed by atoms with Gasteiger partial charge in [-0.15, -0.1) is 0 Å². The van der Waals surface area contributed by atoms with Gasteiger partial charge >= 0.3 is 0 Å². The molecule has 0 aromatic heterocycles. The first-order valence-corrected chi connectivity index (χ1v) is 5.07. The molecule has 2 rings (SSSR count). The monoisotopic (exact) mass is 178 g/mol. The highest BCUT2D eigenvalue weighted by molar-refractivity contribution is 5.18. The molecule has 0 amide bonds. The van der Waals surface area contributed by atoms with Crippen LogP contribution in [0.2, 0.25) is 0 Å². The quantitative estimate of drug-likeness (QED) is 0.644. The zero-order valence-electron chi connectivity index (χ0n) is 7.75. The van der Waals surface area contributed by atoms with E-state index in [9.17, 15) is 4.39 Å². The van der Waals surface area contributed by atoms with Crippen LogP contribution >= 0.6 is 0 Å². The number of rotatable bonds is 2. The lowest BCUT2D eigenvalue weighted by atomic mass is 9.96. The Bertz CT molecular complexity index is 249. The molecular weight excluding hydrogens is 163 g/mol. The van der Waals surface area contributed by atoms with Crippen LogP contribution in [0.4, 0.5) is 4.39 Å². The van der Waals surface area contributed by atoms with Crippen LogP contribution in [0.5, 0.6) is 0 Å². The van der Waals surface area contributed by atoms with Crippen molar-refractivity contribution in [3.8, 4) is 0 Å². The smallest absolute Gasteiger partial charge is 0.128 e. The van der Waals surface area contributed by atoms with Crippen LogP contribution < -0.4 is 0 Å². The van der Waals surface area contributed by atoms with Gasteiger partial charge in [0.25, 0.3) is 0 Å². The van der Waals surface area contributed by atoms with Gasteiger partial charge in [0.1, 0.15) is 6.17 Å². The molecule has 1 aliphatic carbocycles. The van der Waals surface area contributed by atoms with Crippen molar-refractivity contribution in [3.63, 3.8) is 0 Å². The third-order valence-corrected chi connectivity index (χ3v) is 2.93. The Kier molecular flexibility index (Phi) is 2.62. The van der Waals surface area contributed by atoms with Crippen LogP contribution in [0.25, 0.3) is 0 Å². The van der Waals surface area contributed by atoms with E-state index < -0.39 is 6.17 Å². The topological polar surface area (TPSA) is 0 Å². The van der Waals surface area contributed by atoms with Gasteiger partial charge in [0.05, 0.1) is 0 Å². The Morgan fingerprint density at radius 1 is 1.08 bits per heavy atom. The van der Waals surface area contributed by atoms with E-state index in [0.717, 1.165) is 18.4 Å². The third kappa shape index (κ3) is 1.90. The molecule has 13 heavy (non-hydrogen) atoms. The fourth-order valence-electron chi connectivity index (χ4n) is 2.16. The Morgan fingerprint density at radius 2 is 1.69 bits per heavy atom. The Labute approximate surface area is 78.8 Å². The molecule has 70 valence electrons. The molecule has 1 saturated carbocycles. The first kappa shape index (κ1) is 8.74. The van der Waals surface area contributed by atoms with Gasteiger partial charge in [0.2, 0.25) is 0 Å². The lowest BCUT2D eigenvalue weighted by Gasteiger charge is -2.14. The van der Waals surface area contributed by atoms with Crippen LogP contribution in [0.15, 0.2) is 30.3 Å². The van der Waals surface area contributed by atoms with Gasteiger partial charge in [-0.05, 0) is 24.3 Å². The zero-order chi connectivity index (χ0) is 9.10. The van der Waals surface area contributed by atoms with Crippen LogP contribution in [0.3, 0.4) is 0 Å². The first-order valence-electron chi connectivity index (χ1n) is 5.07. The molecule has 1 aliphatic rings. The van der Waals surface area contributed by atoms with Gasteiger partial charge in [-0.2, -0.15) is 0 Å². The molecule has 1 heteroatoms. The molecule has 0 radical (unpaired) electrons. The molecule has 0 N–H and O–H groups in total. The summed E-state index contributed by atoms with van der Waals surface area (Å²) < 4.78 is 13.8. The van der Waals surface area contributed by atoms with E-state index in [0.29, 0.717) is 0 Å². The summed E-state index contributed by atoms with van der Waals surface area (Å²) in [6.45, 7) is 0. The minimum absolute atomic E-state index is 0.280. The van der Waals surface area contributed by atoms with Crippen LogP contribution in [0, 0.1) is 5.92 Å². The van der Waals surface area contributed by atoms with Crippen LogP contribution in [-0.4, -0.2) is 0 Å². The molecular formula is C12H15F. The predicted molar refractivity (Wildman–Crippen MR) is 52.2 cm³/mol. The summed E-state index contributed by atoms with van der Waals surface area (Å²) in [5, 5.41) is 0. The summed E-state index contributed by atoms with van der Waals surface area (Å²) in [6, 6.07) is 9.55. The molecule has 0 saturated heterocycles. The van der Waals surface area contributed by atoms with Crippen molar-refractivity contribution in [2.75, 3.05) is 0 Å². The van der Waals surface area contributed by atoms with Crippen molar-refractivity contribution < 1.29 is 4.39 Å². The van der Waals surface area contributed by atoms with E-state index in [1.165, 1.54) is 12.8 Å². The minimum Gasteiger partial charge on any atom is -0.242 e. The van der Waals surface area contributed by atoms with Crippen molar-refractivity contribution in [1.29, 1.82) is 0 Å². The molecule has 1 unspecified atom stereocenters. The van der Waals surface area contributed by atoms with Crippen LogP contribution in [-0.2, 0) is 0 Å². The molecule has 0 bridgehead atoms. The molecule has 1 atom stereocenters. The fraction of sp³-hybridized carbons (Fsp3) is 0.500. The van der Waals surface area contributed by atoms with E-state index in [-0.39, 0.29) is 5.92 Å². The normalized spacial score (nSPS) is 20.4. The first-order chi connectivity index (χ1) is 6.38. The lowest BCUT2D eigenvalue weighted by molar-refractivity contribution is 0.235. The number of alkyl halides is 1. The number of hydrogen-bond donors (Lipinski definition) is 0. The molecule has 1 aromatic carbocycles. The summed E-state index contributed by atoms with van der Waals surface area (Å²) in [4.78, 5) is 0. The zero-order valence-corrected chi connectivity index (χ0v) is 7.75. The summed E-state index contributed by atoms with van der Waals surface area (Å²) in [5.74, 6) is 0.280. The maximum Gasteiger partial charge on any atom is 0.128 e. The third-order valence-electron chi connectivity index (χ3n) is 2.93. The molecule has 0 aliphatic heterocycles. The Morgan fingerprint density at radius 3 is 2.31 bits per heavy atom. The van der Waals surface area contributed by atoms with Crippen molar-refractivity contribution >= 4 is 0 Å². The van der Waals surface area contributed by atoms with Gasteiger partial charge in [-0.1, -0.05) is 43.2 Å². The second-order valence-electron chi connectivity index (χ2n) is 3.86. The fourth-order valence-corrected chi connectivity index (χ4v) is 2.16. The number of hydrogen-bond acceptors (Lipinski definition) is 0. The molecule has 1 fully saturated rings. The van der Waals surface area contributed by atoms with Gasteiger partial charge in [-0.25, -0.2) is 4.39 Å². The van der Waals surface area contributed by atoms with Crippen molar-refractivity contribution in [3.05, 3.63) is 35.9 Å². The second kappa shape index (κ2) is 3.91. The summed E-state index contributed by atoms with van der Waals surface area (Å²) in [5.41, 5.74) is 0.856. The van der Waals surface area contributed by atoms with Crippen molar-refractivity contribution in [2.45, 2.75) is 31.9 Å². The number of benzene rings is 1. The lowest BCUT2D eigenvalue weighted by Crippen LogP contribution is -2.03. The molecule has 1 aromatic rings. The highest BCUT2D eigenvalue weighted by Crippen LogP contribution is 2.37. The molecule has 0 nitrogen and oxygen atoms in total. The average molecular weight is 178 g/mol. The maximum absolute atomic E-state index is 13.8. The van der Waals surface area contributed by atoms with Crippen molar-refractivity contribution in [2.24, 2.45) is 5.92 Å². The van der Waals surface area contributed by atoms with Gasteiger partial charge in [0.15, 0.2) is 0 Å². The summed E-state index contributed by atoms with van der Waals surface area (Å²) in [6.07, 6.45) is 3.81. The highest BCUT2D eigenvalue weighted by atomic mass is 19.1. The minimum atomic E-state index is -0.733. The van der Waals surface area contributed by atoms with Gasteiger partial charge in [-0.3, -0.25) is 0 Å². The summed E-state index contributed by atoms with van der Waals surface area (Å²) >= 11 is 0. The van der Waals surface area contributed by atoms with Crippen LogP contribution in [0.1, 0.15) is 37.4 Å².